The first kappa shape index (κ1) is 27.8. The number of ether oxygens (including phenoxy) is 1. The van der Waals surface area contributed by atoms with Crippen molar-refractivity contribution in [2.45, 2.75) is 118 Å². The molecule has 8 atom stereocenters. The number of carbonyl (C=O) groups excluding carboxylic acids is 1. The molecule has 38 heavy (non-hydrogen) atoms. The predicted molar refractivity (Wildman–Crippen MR) is 157 cm³/mol. The van der Waals surface area contributed by atoms with E-state index in [0.29, 0.717) is 17.4 Å². The summed E-state index contributed by atoms with van der Waals surface area (Å²) in [6.07, 6.45) is 16.6. The molecule has 3 fully saturated rings. The van der Waals surface area contributed by atoms with Crippen LogP contribution in [0.1, 0.15) is 111 Å². The molecule has 4 aliphatic rings. The number of rotatable bonds is 8. The van der Waals surface area contributed by atoms with Gasteiger partial charge in [0.05, 0.1) is 0 Å². The zero-order valence-corrected chi connectivity index (χ0v) is 24.8. The summed E-state index contributed by atoms with van der Waals surface area (Å²) >= 11 is 0. The number of amides is 1. The van der Waals surface area contributed by atoms with Crippen molar-refractivity contribution >= 4 is 6.09 Å². The van der Waals surface area contributed by atoms with Crippen LogP contribution in [-0.4, -0.2) is 12.2 Å². The van der Waals surface area contributed by atoms with Gasteiger partial charge in [0.1, 0.15) is 6.10 Å². The molecule has 3 heteroatoms. The summed E-state index contributed by atoms with van der Waals surface area (Å²) in [6.45, 7) is 13.1. The highest BCUT2D eigenvalue weighted by atomic mass is 16.6. The molecule has 5 rings (SSSR count). The van der Waals surface area contributed by atoms with Crippen LogP contribution in [0.4, 0.5) is 4.79 Å². The van der Waals surface area contributed by atoms with Crippen LogP contribution in [0.5, 0.6) is 0 Å². The zero-order valence-electron chi connectivity index (χ0n) is 24.8. The van der Waals surface area contributed by atoms with E-state index >= 15 is 0 Å². The molecule has 1 aromatic rings. The first-order chi connectivity index (χ1) is 18.2. The monoisotopic (exact) mass is 519 g/mol. The Labute approximate surface area is 232 Å². The highest BCUT2D eigenvalue weighted by Gasteiger charge is 2.59. The number of carbonyl (C=O) groups is 1. The third-order valence-electron chi connectivity index (χ3n) is 11.8. The lowest BCUT2D eigenvalue weighted by molar-refractivity contribution is -0.0630. The van der Waals surface area contributed by atoms with Crippen molar-refractivity contribution in [3.8, 4) is 0 Å². The predicted octanol–water partition coefficient (Wildman–Crippen LogP) is 9.32. The number of fused-ring (bicyclic) bond motifs is 5. The van der Waals surface area contributed by atoms with Crippen molar-refractivity contribution in [3.05, 3.63) is 47.5 Å². The molecule has 0 unspecified atom stereocenters. The van der Waals surface area contributed by atoms with Gasteiger partial charge in [0, 0.05) is 6.54 Å². The molecule has 1 aromatic carbocycles. The van der Waals surface area contributed by atoms with Crippen LogP contribution in [0.25, 0.3) is 0 Å². The van der Waals surface area contributed by atoms with Gasteiger partial charge in [-0.1, -0.05) is 89.8 Å². The normalized spacial score (nSPS) is 37.0. The van der Waals surface area contributed by atoms with E-state index in [-0.39, 0.29) is 12.2 Å². The topological polar surface area (TPSA) is 38.3 Å². The number of nitrogens with one attached hydrogen (secondary N) is 1. The van der Waals surface area contributed by atoms with Crippen LogP contribution >= 0.6 is 0 Å². The van der Waals surface area contributed by atoms with Crippen molar-refractivity contribution in [1.82, 2.24) is 5.32 Å². The Hall–Kier alpha value is -1.77. The van der Waals surface area contributed by atoms with E-state index < -0.39 is 0 Å². The molecule has 210 valence electrons. The Morgan fingerprint density at radius 1 is 0.974 bits per heavy atom. The summed E-state index contributed by atoms with van der Waals surface area (Å²) in [6, 6.07) is 10.1. The van der Waals surface area contributed by atoms with E-state index in [2.05, 4.69) is 46.0 Å². The lowest BCUT2D eigenvalue weighted by atomic mass is 9.46. The Bertz CT molecular complexity index is 985. The number of hydrogen-bond acceptors (Lipinski definition) is 2. The minimum atomic E-state index is -0.291. The van der Waals surface area contributed by atoms with Crippen LogP contribution in [0, 0.1) is 46.3 Å². The van der Waals surface area contributed by atoms with Crippen LogP contribution in [0.2, 0.25) is 0 Å². The fourth-order valence-corrected chi connectivity index (χ4v) is 9.76. The Kier molecular flexibility index (Phi) is 8.32. The molecule has 0 radical (unpaired) electrons. The van der Waals surface area contributed by atoms with E-state index in [4.69, 9.17) is 4.74 Å². The van der Waals surface area contributed by atoms with Crippen molar-refractivity contribution in [2.24, 2.45) is 46.3 Å². The second-order valence-electron chi connectivity index (χ2n) is 14.4. The van der Waals surface area contributed by atoms with E-state index in [1.165, 1.54) is 57.8 Å². The van der Waals surface area contributed by atoms with Gasteiger partial charge in [-0.25, -0.2) is 4.79 Å². The fourth-order valence-electron chi connectivity index (χ4n) is 9.76. The molecule has 0 bridgehead atoms. The average Bonchev–Trinajstić information content (AvgIpc) is 3.25. The van der Waals surface area contributed by atoms with Gasteiger partial charge < -0.3 is 10.1 Å². The molecule has 0 saturated heterocycles. The molecule has 1 amide bonds. The Morgan fingerprint density at radius 3 is 2.53 bits per heavy atom. The highest BCUT2D eigenvalue weighted by molar-refractivity contribution is 5.67. The van der Waals surface area contributed by atoms with E-state index in [9.17, 15) is 4.79 Å². The van der Waals surface area contributed by atoms with Gasteiger partial charge in [0.2, 0.25) is 0 Å². The van der Waals surface area contributed by atoms with E-state index in [0.717, 1.165) is 53.9 Å². The third kappa shape index (κ3) is 5.46. The second-order valence-corrected chi connectivity index (χ2v) is 14.4. The fraction of sp³-hybridized carbons (Fsp3) is 0.743. The molecule has 1 N–H and O–H groups in total. The maximum absolute atomic E-state index is 12.5. The zero-order chi connectivity index (χ0) is 26.9. The van der Waals surface area contributed by atoms with Crippen LogP contribution in [0.3, 0.4) is 0 Å². The van der Waals surface area contributed by atoms with Gasteiger partial charge in [-0.3, -0.25) is 0 Å². The van der Waals surface area contributed by atoms with Gasteiger partial charge in [0.15, 0.2) is 0 Å². The first-order valence-electron chi connectivity index (χ1n) is 15.9. The second kappa shape index (κ2) is 11.4. The summed E-state index contributed by atoms with van der Waals surface area (Å²) < 4.78 is 5.89. The molecule has 3 saturated carbocycles. The van der Waals surface area contributed by atoms with Crippen molar-refractivity contribution in [1.29, 1.82) is 0 Å². The average molecular weight is 520 g/mol. The van der Waals surface area contributed by atoms with Gasteiger partial charge in [-0.05, 0) is 109 Å². The van der Waals surface area contributed by atoms with Gasteiger partial charge in [-0.15, -0.1) is 0 Å². The number of allylic oxidation sites excluding steroid dienone is 1. The molecule has 0 heterocycles. The van der Waals surface area contributed by atoms with Gasteiger partial charge in [-0.2, -0.15) is 0 Å². The third-order valence-corrected chi connectivity index (χ3v) is 11.8. The number of alkyl carbamates (subject to hydrolysis) is 1. The quantitative estimate of drug-likeness (QED) is 0.347. The highest BCUT2D eigenvalue weighted by Crippen LogP contribution is 2.67. The smallest absolute Gasteiger partial charge is 0.407 e. The summed E-state index contributed by atoms with van der Waals surface area (Å²) in [5.74, 6) is 5.23. The maximum Gasteiger partial charge on any atom is 0.407 e. The van der Waals surface area contributed by atoms with Gasteiger partial charge >= 0.3 is 6.09 Å². The number of hydrogen-bond donors (Lipinski definition) is 1. The van der Waals surface area contributed by atoms with Crippen LogP contribution < -0.4 is 5.32 Å². The maximum atomic E-state index is 12.5. The molecule has 0 spiro atoms. The Morgan fingerprint density at radius 2 is 1.76 bits per heavy atom. The van der Waals surface area contributed by atoms with E-state index in [1.54, 1.807) is 5.57 Å². The van der Waals surface area contributed by atoms with Crippen molar-refractivity contribution in [3.63, 3.8) is 0 Å². The molecule has 3 nitrogen and oxygen atoms in total. The summed E-state index contributed by atoms with van der Waals surface area (Å²) in [4.78, 5) is 12.5. The number of benzene rings is 1. The van der Waals surface area contributed by atoms with Crippen molar-refractivity contribution in [2.75, 3.05) is 0 Å². The minimum absolute atomic E-state index is 0.0817. The van der Waals surface area contributed by atoms with Crippen molar-refractivity contribution < 1.29 is 9.53 Å². The van der Waals surface area contributed by atoms with E-state index in [1.807, 2.05) is 30.3 Å². The molecular weight excluding hydrogens is 466 g/mol. The molecule has 0 aromatic heterocycles. The lowest BCUT2D eigenvalue weighted by Gasteiger charge is -2.59. The molecular formula is C35H53NO2. The van der Waals surface area contributed by atoms with Crippen LogP contribution in [-0.2, 0) is 11.3 Å². The standard InChI is InChI=1S/C35H53NO2/c1-24(2)10-9-11-25(3)30-16-17-31-29-15-14-27-22-28(38-33(37)36-23-26-12-7-6-8-13-26)18-20-34(27,4)32(29)19-21-35(30,31)5/h6-8,12-13,22,24-25,28-32H,9-11,14-21,23H2,1-5H3,(H,36,37)/t25-,28+,29+,30-,31+,32+,34+,35-/m1/s1. The Balaban J connectivity index is 1.20. The first-order valence-corrected chi connectivity index (χ1v) is 15.9. The largest absolute Gasteiger partial charge is 0.442 e. The van der Waals surface area contributed by atoms with Crippen LogP contribution in [0.15, 0.2) is 42.0 Å². The molecule has 0 aliphatic heterocycles. The minimum Gasteiger partial charge on any atom is -0.442 e. The lowest BCUT2D eigenvalue weighted by Crippen LogP contribution is -2.51. The van der Waals surface area contributed by atoms with Gasteiger partial charge in [0.25, 0.3) is 0 Å². The summed E-state index contributed by atoms with van der Waals surface area (Å²) in [7, 11) is 0. The summed E-state index contributed by atoms with van der Waals surface area (Å²) in [5, 5.41) is 2.94. The molecule has 4 aliphatic carbocycles. The summed E-state index contributed by atoms with van der Waals surface area (Å²) in [5.41, 5.74) is 3.53. The SMILES string of the molecule is CC(C)CCC[C@@H](C)[C@H]1CC[C@H]2[C@@H]3CCC4=C[C@@H](OC(=O)NCc5ccccc5)CC[C@]4(C)[C@H]3CC[C@]12C.